The third-order valence-corrected chi connectivity index (χ3v) is 5.02. The maximum absolute atomic E-state index is 12.6. The van der Waals surface area contributed by atoms with Gasteiger partial charge in [-0.15, -0.1) is 0 Å². The Hall–Kier alpha value is -3.08. The van der Waals surface area contributed by atoms with Gasteiger partial charge in [0.2, 0.25) is 0 Å². The molecular weight excluding hydrogens is 393 g/mol. The molecule has 0 aliphatic rings. The summed E-state index contributed by atoms with van der Waals surface area (Å²) in [5, 5.41) is 6.22. The summed E-state index contributed by atoms with van der Waals surface area (Å²) in [6.45, 7) is 0. The van der Waals surface area contributed by atoms with Crippen LogP contribution in [0, 0.1) is 0 Å². The lowest BCUT2D eigenvalue weighted by molar-refractivity contribution is 0.0951. The van der Waals surface area contributed by atoms with Gasteiger partial charge >= 0.3 is 0 Å². The van der Waals surface area contributed by atoms with Crippen molar-refractivity contribution in [3.8, 4) is 0 Å². The molecule has 1 heterocycles. The molecule has 4 rings (SSSR count). The van der Waals surface area contributed by atoms with Crippen LogP contribution < -0.4 is 5.43 Å². The number of H-pyrrole nitrogens is 1. The number of hydrogen-bond acceptors (Lipinski definition) is 2. The van der Waals surface area contributed by atoms with E-state index in [-0.39, 0.29) is 5.91 Å². The molecule has 2 N–H and O–H groups in total. The third kappa shape index (κ3) is 3.79. The zero-order chi connectivity index (χ0) is 19.5. The molecule has 0 saturated carbocycles. The second-order valence-electron chi connectivity index (χ2n) is 6.17. The largest absolute Gasteiger partial charge is 0.350 e. The van der Waals surface area contributed by atoms with E-state index in [0.29, 0.717) is 21.5 Å². The first-order chi connectivity index (χ1) is 13.6. The number of hydrazone groups is 1. The molecule has 0 bridgehead atoms. The highest BCUT2D eigenvalue weighted by atomic mass is 35.5. The van der Waals surface area contributed by atoms with Crippen LogP contribution in [0.4, 0.5) is 0 Å². The van der Waals surface area contributed by atoms with Crippen LogP contribution in [0.5, 0.6) is 0 Å². The monoisotopic (exact) mass is 407 g/mol. The third-order valence-electron chi connectivity index (χ3n) is 4.28. The molecule has 138 valence electrons. The van der Waals surface area contributed by atoms with Crippen molar-refractivity contribution in [2.75, 3.05) is 0 Å². The smallest absolute Gasteiger partial charge is 0.287 e. The topological polar surface area (TPSA) is 57.2 Å². The van der Waals surface area contributed by atoms with Gasteiger partial charge in [0.05, 0.1) is 15.8 Å². The molecular formula is C22H15Cl2N3O. The zero-order valence-corrected chi connectivity index (χ0v) is 16.1. The van der Waals surface area contributed by atoms with Crippen molar-refractivity contribution in [2.45, 2.75) is 0 Å². The number of halogens is 2. The Kier molecular flexibility index (Phi) is 5.15. The summed E-state index contributed by atoms with van der Waals surface area (Å²) in [4.78, 5) is 15.7. The van der Waals surface area contributed by atoms with Gasteiger partial charge in [-0.2, -0.15) is 5.10 Å². The molecule has 0 atom stereocenters. The predicted octanol–water partition coefficient (Wildman–Crippen LogP) is 5.66. The van der Waals surface area contributed by atoms with E-state index in [0.717, 1.165) is 22.0 Å². The highest BCUT2D eigenvalue weighted by Gasteiger charge is 2.12. The lowest BCUT2D eigenvalue weighted by Crippen LogP contribution is -2.21. The van der Waals surface area contributed by atoms with Crippen molar-refractivity contribution in [3.05, 3.63) is 106 Å². The van der Waals surface area contributed by atoms with Gasteiger partial charge < -0.3 is 4.98 Å². The number of aromatic amines is 1. The zero-order valence-electron chi connectivity index (χ0n) is 14.6. The van der Waals surface area contributed by atoms with Gasteiger partial charge in [-0.3, -0.25) is 4.79 Å². The molecule has 1 amide bonds. The van der Waals surface area contributed by atoms with Gasteiger partial charge in [0.15, 0.2) is 0 Å². The van der Waals surface area contributed by atoms with Gasteiger partial charge in [0.25, 0.3) is 5.91 Å². The number of benzene rings is 3. The number of nitrogens with one attached hydrogen (secondary N) is 2. The number of aromatic nitrogens is 1. The summed E-state index contributed by atoms with van der Waals surface area (Å²) in [7, 11) is 0. The molecule has 0 spiro atoms. The maximum Gasteiger partial charge on any atom is 0.287 e. The lowest BCUT2D eigenvalue weighted by atomic mass is 10.0. The number of hydrogen-bond donors (Lipinski definition) is 2. The maximum atomic E-state index is 12.6. The van der Waals surface area contributed by atoms with Gasteiger partial charge in [-0.1, -0.05) is 77.8 Å². The van der Waals surface area contributed by atoms with Crippen molar-refractivity contribution in [1.29, 1.82) is 0 Å². The van der Waals surface area contributed by atoms with Gasteiger partial charge in [-0.05, 0) is 24.3 Å². The Morgan fingerprint density at radius 2 is 1.57 bits per heavy atom. The normalized spacial score (nSPS) is 11.6. The Morgan fingerprint density at radius 3 is 2.32 bits per heavy atom. The first-order valence-corrected chi connectivity index (χ1v) is 9.34. The standard InChI is InChI=1S/C22H15Cl2N3O/c23-17-11-10-16(12-18(17)24)21(14-6-2-1-3-7-14)26-27-22(28)20-13-15-8-4-5-9-19(15)25-20/h1-13,25H,(H,27,28)/b26-21-. The molecule has 0 radical (unpaired) electrons. The minimum Gasteiger partial charge on any atom is -0.350 e. The van der Waals surface area contributed by atoms with E-state index < -0.39 is 0 Å². The fourth-order valence-electron chi connectivity index (χ4n) is 2.90. The first-order valence-electron chi connectivity index (χ1n) is 8.58. The minimum absolute atomic E-state index is 0.329. The fraction of sp³-hybridized carbons (Fsp3) is 0. The molecule has 1 aromatic heterocycles. The molecule has 0 aliphatic heterocycles. The highest BCUT2D eigenvalue weighted by molar-refractivity contribution is 6.42. The molecule has 0 saturated heterocycles. The summed E-state index contributed by atoms with van der Waals surface area (Å²) >= 11 is 12.2. The number of carbonyl (C=O) groups is 1. The van der Waals surface area contributed by atoms with Crippen LogP contribution in [0.1, 0.15) is 21.6 Å². The molecule has 28 heavy (non-hydrogen) atoms. The summed E-state index contributed by atoms with van der Waals surface area (Å²) in [6.07, 6.45) is 0. The Morgan fingerprint density at radius 1 is 0.821 bits per heavy atom. The average Bonchev–Trinajstić information content (AvgIpc) is 3.16. The van der Waals surface area contributed by atoms with Crippen LogP contribution in [0.3, 0.4) is 0 Å². The average molecular weight is 408 g/mol. The lowest BCUT2D eigenvalue weighted by Gasteiger charge is -2.09. The van der Waals surface area contributed by atoms with Crippen LogP contribution in [-0.4, -0.2) is 16.6 Å². The summed E-state index contributed by atoms with van der Waals surface area (Å²) < 4.78 is 0. The van der Waals surface area contributed by atoms with Crippen molar-refractivity contribution in [2.24, 2.45) is 5.10 Å². The van der Waals surface area contributed by atoms with E-state index in [1.807, 2.05) is 60.7 Å². The van der Waals surface area contributed by atoms with Crippen molar-refractivity contribution in [1.82, 2.24) is 10.4 Å². The van der Waals surface area contributed by atoms with Crippen molar-refractivity contribution < 1.29 is 4.79 Å². The number of nitrogens with zero attached hydrogens (tertiary/aromatic N) is 1. The molecule has 4 aromatic rings. The van der Waals surface area contributed by atoms with E-state index in [4.69, 9.17) is 23.2 Å². The van der Waals surface area contributed by atoms with Crippen LogP contribution in [0.25, 0.3) is 10.9 Å². The van der Waals surface area contributed by atoms with Crippen molar-refractivity contribution >= 4 is 45.7 Å². The van der Waals surface area contributed by atoms with Crippen LogP contribution >= 0.6 is 23.2 Å². The Labute approximate surface area is 171 Å². The quantitative estimate of drug-likeness (QED) is 0.332. The molecule has 0 fully saturated rings. The molecule has 0 unspecified atom stereocenters. The molecule has 3 aromatic carbocycles. The summed E-state index contributed by atoms with van der Waals surface area (Å²) in [5.41, 5.74) is 6.14. The SMILES string of the molecule is O=C(N/N=C(/c1ccccc1)c1ccc(Cl)c(Cl)c1)c1cc2ccccc2[nH]1. The number of carbonyl (C=O) groups excluding carboxylic acids is 1. The number of amides is 1. The van der Waals surface area contributed by atoms with Gasteiger partial charge in [0.1, 0.15) is 5.69 Å². The fourth-order valence-corrected chi connectivity index (χ4v) is 3.20. The second kappa shape index (κ2) is 7.89. The van der Waals surface area contributed by atoms with Gasteiger partial charge in [0, 0.05) is 22.0 Å². The van der Waals surface area contributed by atoms with Crippen molar-refractivity contribution in [3.63, 3.8) is 0 Å². The van der Waals surface area contributed by atoms with E-state index >= 15 is 0 Å². The van der Waals surface area contributed by atoms with Crippen LogP contribution in [0.15, 0.2) is 84.0 Å². The summed E-state index contributed by atoms with van der Waals surface area (Å²) in [5.74, 6) is -0.329. The first kappa shape index (κ1) is 18.3. The van der Waals surface area contributed by atoms with E-state index in [2.05, 4.69) is 15.5 Å². The number of rotatable bonds is 4. The molecule has 6 heteroatoms. The van der Waals surface area contributed by atoms with E-state index in [1.54, 1.807) is 18.2 Å². The highest BCUT2D eigenvalue weighted by Crippen LogP contribution is 2.24. The second-order valence-corrected chi connectivity index (χ2v) is 6.98. The Balaban J connectivity index is 1.68. The van der Waals surface area contributed by atoms with Crippen LogP contribution in [-0.2, 0) is 0 Å². The van der Waals surface area contributed by atoms with E-state index in [9.17, 15) is 4.79 Å². The molecule has 0 aliphatic carbocycles. The summed E-state index contributed by atoms with van der Waals surface area (Å²) in [6, 6.07) is 24.3. The van der Waals surface area contributed by atoms with E-state index in [1.165, 1.54) is 0 Å². The van der Waals surface area contributed by atoms with Crippen LogP contribution in [0.2, 0.25) is 10.0 Å². The number of para-hydroxylation sites is 1. The van der Waals surface area contributed by atoms with Gasteiger partial charge in [-0.25, -0.2) is 5.43 Å². The Bertz CT molecular complexity index is 1150. The minimum atomic E-state index is -0.329. The number of fused-ring (bicyclic) bond motifs is 1. The molecule has 4 nitrogen and oxygen atoms in total. The predicted molar refractivity (Wildman–Crippen MR) is 114 cm³/mol.